The van der Waals surface area contributed by atoms with Crippen molar-refractivity contribution < 1.29 is 19.3 Å². The molecule has 0 heterocycles. The van der Waals surface area contributed by atoms with E-state index in [9.17, 15) is 14.6 Å². The lowest BCUT2D eigenvalue weighted by atomic mass is 9.97. The lowest BCUT2D eigenvalue weighted by molar-refractivity contribution is 0.0740. The van der Waals surface area contributed by atoms with Crippen molar-refractivity contribution in [2.45, 2.75) is 19.4 Å². The summed E-state index contributed by atoms with van der Waals surface area (Å²) in [6.45, 7) is 2.90. The standard InChI is InChI=1S/C10H12BrFO3/c1-10(2,14)7-8(11)5(12)4-6(15-3)9(7)13/h4,13-14H,1-3H3. The summed E-state index contributed by atoms with van der Waals surface area (Å²) in [4.78, 5) is 0. The van der Waals surface area contributed by atoms with Gasteiger partial charge < -0.3 is 14.9 Å². The summed E-state index contributed by atoms with van der Waals surface area (Å²) < 4.78 is 18.2. The minimum Gasteiger partial charge on any atom is -0.504 e. The van der Waals surface area contributed by atoms with Gasteiger partial charge in [0.05, 0.1) is 17.2 Å². The van der Waals surface area contributed by atoms with E-state index in [1.807, 2.05) is 0 Å². The number of benzene rings is 1. The molecule has 0 unspecified atom stereocenters. The van der Waals surface area contributed by atoms with Crippen LogP contribution in [0.3, 0.4) is 0 Å². The second-order valence-electron chi connectivity index (χ2n) is 3.66. The van der Waals surface area contributed by atoms with Gasteiger partial charge in [0.2, 0.25) is 0 Å². The Morgan fingerprint density at radius 3 is 2.40 bits per heavy atom. The van der Waals surface area contributed by atoms with Crippen molar-refractivity contribution in [3.63, 3.8) is 0 Å². The zero-order valence-electron chi connectivity index (χ0n) is 8.64. The van der Waals surface area contributed by atoms with E-state index < -0.39 is 11.4 Å². The molecule has 0 saturated carbocycles. The number of ether oxygens (including phenoxy) is 1. The fraction of sp³-hybridized carbons (Fsp3) is 0.400. The van der Waals surface area contributed by atoms with Gasteiger partial charge in [-0.15, -0.1) is 0 Å². The average Bonchev–Trinajstić information content (AvgIpc) is 2.09. The van der Waals surface area contributed by atoms with Crippen molar-refractivity contribution in [2.24, 2.45) is 0 Å². The van der Waals surface area contributed by atoms with E-state index in [0.717, 1.165) is 6.07 Å². The van der Waals surface area contributed by atoms with Gasteiger partial charge in [-0.1, -0.05) is 0 Å². The molecule has 0 spiro atoms. The Bertz CT molecular complexity index is 385. The van der Waals surface area contributed by atoms with Gasteiger partial charge in [-0.3, -0.25) is 0 Å². The molecule has 0 radical (unpaired) electrons. The van der Waals surface area contributed by atoms with Crippen LogP contribution in [0.2, 0.25) is 0 Å². The number of aromatic hydroxyl groups is 1. The van der Waals surface area contributed by atoms with Gasteiger partial charge in [-0.2, -0.15) is 0 Å². The summed E-state index contributed by atoms with van der Waals surface area (Å²) >= 11 is 2.98. The first-order valence-corrected chi connectivity index (χ1v) is 5.06. The molecule has 84 valence electrons. The van der Waals surface area contributed by atoms with E-state index in [1.165, 1.54) is 21.0 Å². The number of aliphatic hydroxyl groups is 1. The predicted molar refractivity (Wildman–Crippen MR) is 57.6 cm³/mol. The molecule has 1 rings (SSSR count). The molecule has 15 heavy (non-hydrogen) atoms. The highest BCUT2D eigenvalue weighted by molar-refractivity contribution is 9.10. The lowest BCUT2D eigenvalue weighted by Gasteiger charge is -2.22. The van der Waals surface area contributed by atoms with E-state index in [4.69, 9.17) is 4.74 Å². The highest BCUT2D eigenvalue weighted by atomic mass is 79.9. The lowest BCUT2D eigenvalue weighted by Crippen LogP contribution is -2.17. The van der Waals surface area contributed by atoms with E-state index >= 15 is 0 Å². The van der Waals surface area contributed by atoms with Crippen LogP contribution in [0, 0.1) is 5.82 Å². The second kappa shape index (κ2) is 3.98. The minimum absolute atomic E-state index is 0.00664. The summed E-state index contributed by atoms with van der Waals surface area (Å²) in [5, 5.41) is 19.5. The van der Waals surface area contributed by atoms with E-state index in [0.29, 0.717) is 0 Å². The van der Waals surface area contributed by atoms with Gasteiger partial charge in [-0.25, -0.2) is 4.39 Å². The summed E-state index contributed by atoms with van der Waals surface area (Å²) in [5.41, 5.74) is -1.29. The largest absolute Gasteiger partial charge is 0.504 e. The molecular weight excluding hydrogens is 267 g/mol. The monoisotopic (exact) mass is 278 g/mol. The van der Waals surface area contributed by atoms with Crippen LogP contribution >= 0.6 is 15.9 Å². The number of hydrogen-bond acceptors (Lipinski definition) is 3. The maximum atomic E-state index is 13.4. The molecule has 5 heteroatoms. The van der Waals surface area contributed by atoms with Crippen molar-refractivity contribution in [2.75, 3.05) is 7.11 Å². The molecular formula is C10H12BrFO3. The van der Waals surface area contributed by atoms with Gasteiger partial charge in [0.15, 0.2) is 11.5 Å². The fourth-order valence-corrected chi connectivity index (χ4v) is 2.09. The van der Waals surface area contributed by atoms with Crippen LogP contribution < -0.4 is 4.74 Å². The van der Waals surface area contributed by atoms with Crippen molar-refractivity contribution in [1.29, 1.82) is 0 Å². The fourth-order valence-electron chi connectivity index (χ4n) is 1.31. The Morgan fingerprint density at radius 2 is 2.00 bits per heavy atom. The number of halogens is 2. The zero-order valence-corrected chi connectivity index (χ0v) is 10.2. The van der Waals surface area contributed by atoms with Gasteiger partial charge in [0.1, 0.15) is 5.82 Å². The van der Waals surface area contributed by atoms with Crippen molar-refractivity contribution >= 4 is 15.9 Å². The van der Waals surface area contributed by atoms with Crippen LogP contribution in [0.4, 0.5) is 4.39 Å². The number of methoxy groups -OCH3 is 1. The minimum atomic E-state index is -1.36. The summed E-state index contributed by atoms with van der Waals surface area (Å²) in [5.74, 6) is -0.868. The van der Waals surface area contributed by atoms with Gasteiger partial charge in [-0.05, 0) is 29.8 Å². The van der Waals surface area contributed by atoms with Gasteiger partial charge in [0, 0.05) is 11.6 Å². The average molecular weight is 279 g/mol. The molecule has 0 aromatic heterocycles. The van der Waals surface area contributed by atoms with Crippen LogP contribution in [-0.2, 0) is 5.60 Å². The Morgan fingerprint density at radius 1 is 1.47 bits per heavy atom. The highest BCUT2D eigenvalue weighted by Gasteiger charge is 2.28. The third kappa shape index (κ3) is 2.23. The van der Waals surface area contributed by atoms with Crippen LogP contribution in [0.1, 0.15) is 19.4 Å². The topological polar surface area (TPSA) is 49.7 Å². The highest BCUT2D eigenvalue weighted by Crippen LogP contribution is 2.42. The maximum Gasteiger partial charge on any atom is 0.165 e. The third-order valence-electron chi connectivity index (χ3n) is 1.99. The van der Waals surface area contributed by atoms with E-state index in [2.05, 4.69) is 15.9 Å². The number of phenolic OH excluding ortho intramolecular Hbond substituents is 1. The second-order valence-corrected chi connectivity index (χ2v) is 4.45. The van der Waals surface area contributed by atoms with Crippen LogP contribution in [-0.4, -0.2) is 17.3 Å². The first-order valence-electron chi connectivity index (χ1n) is 4.26. The van der Waals surface area contributed by atoms with Crippen LogP contribution in [0.15, 0.2) is 10.5 Å². The maximum absolute atomic E-state index is 13.4. The molecule has 0 aliphatic rings. The quantitative estimate of drug-likeness (QED) is 0.874. The third-order valence-corrected chi connectivity index (χ3v) is 2.76. The van der Waals surface area contributed by atoms with Crippen molar-refractivity contribution in [3.8, 4) is 11.5 Å². The Kier molecular flexibility index (Phi) is 3.25. The molecule has 1 aromatic rings. The summed E-state index contributed by atoms with van der Waals surface area (Å²) in [7, 11) is 1.32. The molecule has 0 bridgehead atoms. The molecule has 1 aromatic carbocycles. The van der Waals surface area contributed by atoms with Crippen LogP contribution in [0.5, 0.6) is 11.5 Å². The first kappa shape index (κ1) is 12.3. The van der Waals surface area contributed by atoms with E-state index in [1.54, 1.807) is 0 Å². The molecule has 2 N–H and O–H groups in total. The van der Waals surface area contributed by atoms with Crippen molar-refractivity contribution in [1.82, 2.24) is 0 Å². The van der Waals surface area contributed by atoms with Gasteiger partial charge in [0.25, 0.3) is 0 Å². The number of rotatable bonds is 2. The molecule has 0 atom stereocenters. The Hall–Kier alpha value is -0.810. The molecule has 0 fully saturated rings. The SMILES string of the molecule is COc1cc(F)c(Br)c(C(C)(C)O)c1O. The number of phenols is 1. The summed E-state index contributed by atoms with van der Waals surface area (Å²) in [6, 6.07) is 1.05. The zero-order chi connectivity index (χ0) is 11.8. The van der Waals surface area contributed by atoms with E-state index in [-0.39, 0.29) is 21.5 Å². The normalized spacial score (nSPS) is 11.6. The predicted octanol–water partition coefficient (Wildman–Crippen LogP) is 2.53. The number of hydrogen-bond donors (Lipinski definition) is 2. The molecule has 0 aliphatic heterocycles. The molecule has 3 nitrogen and oxygen atoms in total. The van der Waals surface area contributed by atoms with Crippen molar-refractivity contribution in [3.05, 3.63) is 21.9 Å². The Balaban J connectivity index is 3.55. The smallest absolute Gasteiger partial charge is 0.165 e. The Labute approximate surface area is 95.6 Å². The molecule has 0 aliphatic carbocycles. The van der Waals surface area contributed by atoms with Gasteiger partial charge >= 0.3 is 0 Å². The molecule has 0 amide bonds. The molecule has 0 saturated heterocycles. The summed E-state index contributed by atoms with van der Waals surface area (Å²) in [6.07, 6.45) is 0. The first-order chi connectivity index (χ1) is 6.79. The van der Waals surface area contributed by atoms with Crippen LogP contribution in [0.25, 0.3) is 0 Å².